The van der Waals surface area contributed by atoms with E-state index in [-0.39, 0.29) is 17.8 Å². The lowest BCUT2D eigenvalue weighted by atomic mass is 10.1. The van der Waals surface area contributed by atoms with Gasteiger partial charge in [-0.1, -0.05) is 15.9 Å². The standard InChI is InChI=1S/C13H11Br2FN2O/c1-7-13(15)11(18(2)17-7)6-12(19)9-4-3-8(14)5-10(9)16/h3-5H,6H2,1-2H3. The summed E-state index contributed by atoms with van der Waals surface area (Å²) in [4.78, 5) is 12.1. The summed E-state index contributed by atoms with van der Waals surface area (Å²) in [5, 5.41) is 4.21. The van der Waals surface area contributed by atoms with Gasteiger partial charge in [0.15, 0.2) is 5.78 Å². The van der Waals surface area contributed by atoms with Gasteiger partial charge < -0.3 is 0 Å². The molecule has 0 spiro atoms. The van der Waals surface area contributed by atoms with Crippen molar-refractivity contribution in [3.05, 3.63) is 49.9 Å². The average Bonchev–Trinajstić information content (AvgIpc) is 2.56. The van der Waals surface area contributed by atoms with E-state index in [1.54, 1.807) is 17.8 Å². The predicted octanol–water partition coefficient (Wildman–Crippen LogP) is 3.82. The number of halogens is 3. The molecule has 0 bridgehead atoms. The summed E-state index contributed by atoms with van der Waals surface area (Å²) in [5.74, 6) is -0.789. The molecule has 0 unspecified atom stereocenters. The zero-order valence-electron chi connectivity index (χ0n) is 10.4. The van der Waals surface area contributed by atoms with Crippen LogP contribution in [0, 0.1) is 12.7 Å². The minimum atomic E-state index is -0.519. The summed E-state index contributed by atoms with van der Waals surface area (Å²) in [7, 11) is 1.76. The van der Waals surface area contributed by atoms with Crippen LogP contribution in [0.5, 0.6) is 0 Å². The van der Waals surface area contributed by atoms with E-state index in [2.05, 4.69) is 37.0 Å². The Balaban J connectivity index is 2.31. The fourth-order valence-corrected chi connectivity index (χ4v) is 2.64. The number of aryl methyl sites for hydroxylation is 2. The molecule has 0 aliphatic carbocycles. The van der Waals surface area contributed by atoms with Crippen molar-refractivity contribution in [3.8, 4) is 0 Å². The Kier molecular flexibility index (Phi) is 4.20. The Labute approximate surface area is 127 Å². The first kappa shape index (κ1) is 14.4. The summed E-state index contributed by atoms with van der Waals surface area (Å²) >= 11 is 6.56. The van der Waals surface area contributed by atoms with Gasteiger partial charge in [-0.25, -0.2) is 4.39 Å². The Morgan fingerprint density at radius 1 is 1.42 bits per heavy atom. The van der Waals surface area contributed by atoms with Gasteiger partial charge >= 0.3 is 0 Å². The summed E-state index contributed by atoms with van der Waals surface area (Å²) in [6.45, 7) is 1.85. The smallest absolute Gasteiger partial charge is 0.171 e. The molecule has 1 heterocycles. The van der Waals surface area contributed by atoms with Crippen molar-refractivity contribution in [2.45, 2.75) is 13.3 Å². The summed E-state index contributed by atoms with van der Waals surface area (Å²) in [5.41, 5.74) is 1.64. The predicted molar refractivity (Wildman–Crippen MR) is 77.8 cm³/mol. The van der Waals surface area contributed by atoms with Crippen molar-refractivity contribution in [3.63, 3.8) is 0 Å². The lowest BCUT2D eigenvalue weighted by Gasteiger charge is -2.04. The highest BCUT2D eigenvalue weighted by Gasteiger charge is 2.18. The summed E-state index contributed by atoms with van der Waals surface area (Å²) < 4.78 is 16.8. The van der Waals surface area contributed by atoms with Gasteiger partial charge in [-0.05, 0) is 41.1 Å². The van der Waals surface area contributed by atoms with Gasteiger partial charge in [-0.3, -0.25) is 9.48 Å². The lowest BCUT2D eigenvalue weighted by molar-refractivity contribution is 0.0986. The highest BCUT2D eigenvalue weighted by Crippen LogP contribution is 2.23. The van der Waals surface area contributed by atoms with Crippen LogP contribution in [0.2, 0.25) is 0 Å². The molecule has 0 aliphatic rings. The SMILES string of the molecule is Cc1nn(C)c(CC(=O)c2ccc(Br)cc2F)c1Br. The molecular formula is C13H11Br2FN2O. The molecule has 0 saturated carbocycles. The maximum atomic E-state index is 13.7. The van der Waals surface area contributed by atoms with E-state index in [1.807, 2.05) is 6.92 Å². The van der Waals surface area contributed by atoms with Gasteiger partial charge in [0.25, 0.3) is 0 Å². The number of aromatic nitrogens is 2. The van der Waals surface area contributed by atoms with Crippen LogP contribution < -0.4 is 0 Å². The van der Waals surface area contributed by atoms with Crippen molar-refractivity contribution in [2.75, 3.05) is 0 Å². The Bertz CT molecular complexity index is 652. The van der Waals surface area contributed by atoms with E-state index in [1.165, 1.54) is 12.1 Å². The van der Waals surface area contributed by atoms with Crippen LogP contribution >= 0.6 is 31.9 Å². The molecular weight excluding hydrogens is 379 g/mol. The minimum absolute atomic E-state index is 0.0916. The topological polar surface area (TPSA) is 34.9 Å². The largest absolute Gasteiger partial charge is 0.294 e. The fourth-order valence-electron chi connectivity index (χ4n) is 1.84. The lowest BCUT2D eigenvalue weighted by Crippen LogP contribution is -2.10. The number of benzene rings is 1. The number of hydrogen-bond acceptors (Lipinski definition) is 2. The second-order valence-corrected chi connectivity index (χ2v) is 5.90. The number of nitrogens with zero attached hydrogens (tertiary/aromatic N) is 2. The number of rotatable bonds is 3. The van der Waals surface area contributed by atoms with Gasteiger partial charge in [0.2, 0.25) is 0 Å². The molecule has 3 nitrogen and oxygen atoms in total. The van der Waals surface area contributed by atoms with Crippen molar-refractivity contribution in [1.29, 1.82) is 0 Å². The van der Waals surface area contributed by atoms with Gasteiger partial charge in [0, 0.05) is 11.5 Å². The molecule has 19 heavy (non-hydrogen) atoms. The monoisotopic (exact) mass is 388 g/mol. The Morgan fingerprint density at radius 3 is 2.63 bits per heavy atom. The molecule has 2 aromatic rings. The minimum Gasteiger partial charge on any atom is -0.294 e. The Hall–Kier alpha value is -1.01. The zero-order chi connectivity index (χ0) is 14.2. The molecule has 0 saturated heterocycles. The quantitative estimate of drug-likeness (QED) is 0.748. The molecule has 0 atom stereocenters. The third kappa shape index (κ3) is 2.95. The number of carbonyl (C=O) groups excluding carboxylic acids is 1. The average molecular weight is 390 g/mol. The number of carbonyl (C=O) groups is 1. The molecule has 0 aliphatic heterocycles. The fraction of sp³-hybridized carbons (Fsp3) is 0.231. The summed E-state index contributed by atoms with van der Waals surface area (Å²) in [6.07, 6.45) is 0.108. The second-order valence-electron chi connectivity index (χ2n) is 4.19. The first-order valence-electron chi connectivity index (χ1n) is 5.56. The van der Waals surface area contributed by atoms with Crippen molar-refractivity contribution < 1.29 is 9.18 Å². The van der Waals surface area contributed by atoms with Crippen LogP contribution in [0.15, 0.2) is 27.1 Å². The zero-order valence-corrected chi connectivity index (χ0v) is 13.5. The van der Waals surface area contributed by atoms with E-state index in [9.17, 15) is 9.18 Å². The third-order valence-corrected chi connectivity index (χ3v) is 4.35. The van der Waals surface area contributed by atoms with Crippen molar-refractivity contribution >= 4 is 37.6 Å². The van der Waals surface area contributed by atoms with Gasteiger partial charge in [0.1, 0.15) is 5.82 Å². The maximum Gasteiger partial charge on any atom is 0.171 e. The first-order valence-corrected chi connectivity index (χ1v) is 7.15. The number of hydrogen-bond donors (Lipinski definition) is 0. The van der Waals surface area contributed by atoms with E-state index >= 15 is 0 Å². The van der Waals surface area contributed by atoms with Gasteiger partial charge in [0.05, 0.1) is 27.8 Å². The third-order valence-electron chi connectivity index (χ3n) is 2.82. The highest BCUT2D eigenvalue weighted by atomic mass is 79.9. The van der Waals surface area contributed by atoms with E-state index in [0.717, 1.165) is 15.9 Å². The van der Waals surface area contributed by atoms with Crippen LogP contribution in [0.4, 0.5) is 4.39 Å². The molecule has 1 aromatic carbocycles. The first-order chi connectivity index (χ1) is 8.90. The molecule has 0 radical (unpaired) electrons. The summed E-state index contributed by atoms with van der Waals surface area (Å²) in [6, 6.07) is 4.43. The highest BCUT2D eigenvalue weighted by molar-refractivity contribution is 9.10. The van der Waals surface area contributed by atoms with E-state index < -0.39 is 5.82 Å². The normalized spacial score (nSPS) is 10.8. The molecule has 100 valence electrons. The van der Waals surface area contributed by atoms with Crippen LogP contribution in [-0.4, -0.2) is 15.6 Å². The van der Waals surface area contributed by atoms with E-state index in [0.29, 0.717) is 4.47 Å². The molecule has 2 rings (SSSR count). The van der Waals surface area contributed by atoms with E-state index in [4.69, 9.17) is 0 Å². The number of ketones is 1. The van der Waals surface area contributed by atoms with Crippen LogP contribution in [0.3, 0.4) is 0 Å². The van der Waals surface area contributed by atoms with Crippen LogP contribution in [0.1, 0.15) is 21.7 Å². The molecule has 6 heteroatoms. The molecule has 1 aromatic heterocycles. The number of Topliss-reactive ketones (excluding diaryl/α,β-unsaturated/α-hetero) is 1. The van der Waals surface area contributed by atoms with Gasteiger partial charge in [-0.2, -0.15) is 5.10 Å². The van der Waals surface area contributed by atoms with Crippen molar-refractivity contribution in [1.82, 2.24) is 9.78 Å². The molecule has 0 N–H and O–H groups in total. The van der Waals surface area contributed by atoms with Gasteiger partial charge in [-0.15, -0.1) is 0 Å². The van der Waals surface area contributed by atoms with Crippen LogP contribution in [-0.2, 0) is 13.5 Å². The second kappa shape index (κ2) is 5.54. The van der Waals surface area contributed by atoms with Crippen LogP contribution in [0.25, 0.3) is 0 Å². The van der Waals surface area contributed by atoms with Crippen molar-refractivity contribution in [2.24, 2.45) is 7.05 Å². The molecule has 0 amide bonds. The molecule has 0 fully saturated rings. The maximum absolute atomic E-state index is 13.7. The Morgan fingerprint density at radius 2 is 2.11 bits per heavy atom.